The molecule has 2 rings (SSSR count). The highest BCUT2D eigenvalue weighted by molar-refractivity contribution is 5.46. The second kappa shape index (κ2) is 7.50. The zero-order valence-corrected chi connectivity index (χ0v) is 12.3. The molecule has 0 amide bonds. The quantitative estimate of drug-likeness (QED) is 0.834. The molecule has 112 valence electrons. The summed E-state index contributed by atoms with van der Waals surface area (Å²) < 4.78 is 16.2. The van der Waals surface area contributed by atoms with Gasteiger partial charge in [0.05, 0.1) is 32.0 Å². The average Bonchev–Trinajstić information content (AvgIpc) is 2.99. The molecule has 1 fully saturated rings. The fraction of sp³-hybridized carbons (Fsp3) is 0.625. The first-order valence-electron chi connectivity index (χ1n) is 7.26. The van der Waals surface area contributed by atoms with Crippen molar-refractivity contribution in [3.63, 3.8) is 0 Å². The Morgan fingerprint density at radius 2 is 2.00 bits per heavy atom. The molecular weight excluding hydrogens is 256 g/mol. The molecule has 1 aromatic rings. The van der Waals surface area contributed by atoms with Crippen molar-refractivity contribution in [3.05, 3.63) is 23.8 Å². The van der Waals surface area contributed by atoms with E-state index in [4.69, 9.17) is 14.2 Å². The summed E-state index contributed by atoms with van der Waals surface area (Å²) in [6, 6.07) is 5.56. The van der Waals surface area contributed by atoms with Crippen molar-refractivity contribution in [1.82, 2.24) is 0 Å². The SMILES string of the molecule is COc1cccc(OC)c1C(O)CCCC1CCCO1. The van der Waals surface area contributed by atoms with Gasteiger partial charge in [-0.3, -0.25) is 0 Å². The predicted molar refractivity (Wildman–Crippen MR) is 77.3 cm³/mol. The lowest BCUT2D eigenvalue weighted by Crippen LogP contribution is -2.07. The minimum Gasteiger partial charge on any atom is -0.496 e. The van der Waals surface area contributed by atoms with Crippen LogP contribution in [0, 0.1) is 0 Å². The molecule has 1 N–H and O–H groups in total. The molecular formula is C16H24O4. The fourth-order valence-electron chi connectivity index (χ4n) is 2.76. The van der Waals surface area contributed by atoms with Crippen molar-refractivity contribution in [2.45, 2.75) is 44.3 Å². The van der Waals surface area contributed by atoms with Crippen molar-refractivity contribution in [1.29, 1.82) is 0 Å². The van der Waals surface area contributed by atoms with Crippen molar-refractivity contribution in [3.8, 4) is 11.5 Å². The highest BCUT2D eigenvalue weighted by Gasteiger charge is 2.20. The molecule has 4 nitrogen and oxygen atoms in total. The Morgan fingerprint density at radius 1 is 1.30 bits per heavy atom. The van der Waals surface area contributed by atoms with Crippen LogP contribution in [0.5, 0.6) is 11.5 Å². The number of aliphatic hydroxyl groups excluding tert-OH is 1. The molecule has 2 unspecified atom stereocenters. The van der Waals surface area contributed by atoms with Gasteiger partial charge in [0.2, 0.25) is 0 Å². The maximum atomic E-state index is 10.4. The molecule has 0 radical (unpaired) electrons. The standard InChI is InChI=1S/C16H24O4/c1-18-14-9-4-10-15(19-2)16(14)13(17)8-3-6-12-7-5-11-20-12/h4,9-10,12-13,17H,3,5-8,11H2,1-2H3. The molecule has 0 aromatic heterocycles. The number of methoxy groups -OCH3 is 2. The fourth-order valence-corrected chi connectivity index (χ4v) is 2.76. The van der Waals surface area contributed by atoms with Gasteiger partial charge in [-0.25, -0.2) is 0 Å². The zero-order valence-electron chi connectivity index (χ0n) is 12.3. The van der Waals surface area contributed by atoms with Crippen LogP contribution >= 0.6 is 0 Å². The molecule has 1 heterocycles. The van der Waals surface area contributed by atoms with Crippen LogP contribution in [0.3, 0.4) is 0 Å². The minimum absolute atomic E-state index is 0.377. The van der Waals surface area contributed by atoms with E-state index in [9.17, 15) is 5.11 Å². The van der Waals surface area contributed by atoms with E-state index >= 15 is 0 Å². The lowest BCUT2D eigenvalue weighted by atomic mass is 10.00. The summed E-state index contributed by atoms with van der Waals surface area (Å²) in [7, 11) is 3.22. The van der Waals surface area contributed by atoms with E-state index in [1.54, 1.807) is 14.2 Å². The number of hydrogen-bond acceptors (Lipinski definition) is 4. The van der Waals surface area contributed by atoms with Crippen molar-refractivity contribution in [2.24, 2.45) is 0 Å². The van der Waals surface area contributed by atoms with E-state index in [-0.39, 0.29) is 0 Å². The van der Waals surface area contributed by atoms with Gasteiger partial charge in [0.25, 0.3) is 0 Å². The minimum atomic E-state index is -0.567. The van der Waals surface area contributed by atoms with Crippen LogP contribution in [-0.2, 0) is 4.74 Å². The third kappa shape index (κ3) is 3.64. The number of ether oxygens (including phenoxy) is 3. The van der Waals surface area contributed by atoms with Crippen LogP contribution in [0.25, 0.3) is 0 Å². The van der Waals surface area contributed by atoms with Crippen molar-refractivity contribution in [2.75, 3.05) is 20.8 Å². The van der Waals surface area contributed by atoms with Gasteiger partial charge in [0.1, 0.15) is 11.5 Å². The van der Waals surface area contributed by atoms with Crippen molar-refractivity contribution < 1.29 is 19.3 Å². The first-order valence-corrected chi connectivity index (χ1v) is 7.26. The topological polar surface area (TPSA) is 47.9 Å². The largest absolute Gasteiger partial charge is 0.496 e. The lowest BCUT2D eigenvalue weighted by Gasteiger charge is -2.18. The molecule has 1 aliphatic rings. The third-order valence-corrected chi connectivity index (χ3v) is 3.83. The Hall–Kier alpha value is -1.26. The molecule has 20 heavy (non-hydrogen) atoms. The Morgan fingerprint density at radius 3 is 2.55 bits per heavy atom. The summed E-state index contributed by atoms with van der Waals surface area (Å²) in [5.74, 6) is 1.35. The normalized spacial score (nSPS) is 19.9. The van der Waals surface area contributed by atoms with Crippen LogP contribution in [0.2, 0.25) is 0 Å². The number of rotatable bonds is 7. The summed E-state index contributed by atoms with van der Waals surface area (Å²) in [4.78, 5) is 0. The molecule has 1 aliphatic heterocycles. The molecule has 4 heteroatoms. The smallest absolute Gasteiger partial charge is 0.128 e. The van der Waals surface area contributed by atoms with E-state index in [0.717, 1.165) is 37.9 Å². The highest BCUT2D eigenvalue weighted by Crippen LogP contribution is 2.36. The molecule has 0 saturated carbocycles. The Balaban J connectivity index is 1.95. The van der Waals surface area contributed by atoms with E-state index in [0.29, 0.717) is 24.0 Å². The second-order valence-electron chi connectivity index (χ2n) is 5.16. The van der Waals surface area contributed by atoms with Gasteiger partial charge < -0.3 is 19.3 Å². The highest BCUT2D eigenvalue weighted by atomic mass is 16.5. The van der Waals surface area contributed by atoms with Gasteiger partial charge in [-0.05, 0) is 44.2 Å². The monoisotopic (exact) mass is 280 g/mol. The number of aliphatic hydroxyl groups is 1. The van der Waals surface area contributed by atoms with Crippen molar-refractivity contribution >= 4 is 0 Å². The lowest BCUT2D eigenvalue weighted by molar-refractivity contribution is 0.0937. The first kappa shape index (κ1) is 15.1. The summed E-state index contributed by atoms with van der Waals surface area (Å²) in [6.07, 6.45) is 4.75. The van der Waals surface area contributed by atoms with E-state index in [1.165, 1.54) is 0 Å². The van der Waals surface area contributed by atoms with Crippen LogP contribution in [0.1, 0.15) is 43.8 Å². The second-order valence-corrected chi connectivity index (χ2v) is 5.16. The zero-order chi connectivity index (χ0) is 14.4. The molecule has 1 aromatic carbocycles. The summed E-state index contributed by atoms with van der Waals surface area (Å²) in [5.41, 5.74) is 0.741. The molecule has 0 bridgehead atoms. The Bertz CT molecular complexity index is 391. The third-order valence-electron chi connectivity index (χ3n) is 3.83. The van der Waals surface area contributed by atoms with Crippen LogP contribution in [-0.4, -0.2) is 32.0 Å². The van der Waals surface area contributed by atoms with Gasteiger partial charge in [0, 0.05) is 6.61 Å². The summed E-state index contributed by atoms with van der Waals surface area (Å²) >= 11 is 0. The summed E-state index contributed by atoms with van der Waals surface area (Å²) in [5, 5.41) is 10.4. The maximum absolute atomic E-state index is 10.4. The van der Waals surface area contributed by atoms with Crippen LogP contribution < -0.4 is 9.47 Å². The van der Waals surface area contributed by atoms with Gasteiger partial charge in [-0.1, -0.05) is 6.07 Å². The first-order chi connectivity index (χ1) is 9.76. The molecule has 0 spiro atoms. The maximum Gasteiger partial charge on any atom is 0.128 e. The Labute approximate surface area is 120 Å². The van der Waals surface area contributed by atoms with Gasteiger partial charge >= 0.3 is 0 Å². The van der Waals surface area contributed by atoms with Crippen LogP contribution in [0.4, 0.5) is 0 Å². The summed E-state index contributed by atoms with van der Waals surface area (Å²) in [6.45, 7) is 0.882. The van der Waals surface area contributed by atoms with E-state index in [2.05, 4.69) is 0 Å². The van der Waals surface area contributed by atoms with E-state index < -0.39 is 6.10 Å². The number of hydrogen-bond donors (Lipinski definition) is 1. The predicted octanol–water partition coefficient (Wildman–Crippen LogP) is 3.09. The molecule has 1 saturated heterocycles. The van der Waals surface area contributed by atoms with Gasteiger partial charge in [-0.2, -0.15) is 0 Å². The number of benzene rings is 1. The molecule has 2 atom stereocenters. The Kier molecular flexibility index (Phi) is 5.68. The molecule has 0 aliphatic carbocycles. The van der Waals surface area contributed by atoms with E-state index in [1.807, 2.05) is 18.2 Å². The van der Waals surface area contributed by atoms with Gasteiger partial charge in [0.15, 0.2) is 0 Å². The average molecular weight is 280 g/mol. The van der Waals surface area contributed by atoms with Gasteiger partial charge in [-0.15, -0.1) is 0 Å². The van der Waals surface area contributed by atoms with Crippen LogP contribution in [0.15, 0.2) is 18.2 Å².